The van der Waals surface area contributed by atoms with E-state index in [2.05, 4.69) is 15.5 Å². The van der Waals surface area contributed by atoms with Gasteiger partial charge < -0.3 is 20.3 Å². The molecule has 1 heterocycles. The van der Waals surface area contributed by atoms with Crippen molar-refractivity contribution in [2.45, 2.75) is 24.8 Å². The third-order valence-corrected chi connectivity index (χ3v) is 5.71. The van der Waals surface area contributed by atoms with Crippen LogP contribution in [0.2, 0.25) is 5.02 Å². The zero-order valence-electron chi connectivity index (χ0n) is 16.7. The first kappa shape index (κ1) is 20.9. The van der Waals surface area contributed by atoms with E-state index in [0.29, 0.717) is 40.9 Å². The van der Waals surface area contributed by atoms with Crippen molar-refractivity contribution in [1.29, 1.82) is 0 Å². The number of amides is 2. The van der Waals surface area contributed by atoms with Gasteiger partial charge in [0.25, 0.3) is 5.91 Å². The molecule has 0 radical (unpaired) electrons. The lowest BCUT2D eigenvalue weighted by Crippen LogP contribution is -2.37. The van der Waals surface area contributed by atoms with Crippen molar-refractivity contribution in [3.63, 3.8) is 0 Å². The van der Waals surface area contributed by atoms with Crippen molar-refractivity contribution < 1.29 is 18.8 Å². The Bertz CT molecular complexity index is 1100. The second kappa shape index (κ2) is 8.77. The molecule has 3 atom stereocenters. The molecule has 3 N–H and O–H groups in total. The van der Waals surface area contributed by atoms with Gasteiger partial charge in [-0.15, -0.1) is 0 Å². The minimum Gasteiger partial charge on any atom is -0.496 e. The Kier molecular flexibility index (Phi) is 5.90. The molecule has 0 bridgehead atoms. The molecule has 8 nitrogen and oxygen atoms in total. The lowest BCUT2D eigenvalue weighted by Gasteiger charge is -2.19. The zero-order chi connectivity index (χ0) is 22.0. The molecule has 0 unspecified atom stereocenters. The summed E-state index contributed by atoms with van der Waals surface area (Å²) >= 11 is 6.05. The fourth-order valence-electron chi connectivity index (χ4n) is 3.90. The molecule has 9 heteroatoms. The third kappa shape index (κ3) is 4.39. The van der Waals surface area contributed by atoms with Crippen LogP contribution in [0.5, 0.6) is 5.75 Å². The quantitative estimate of drug-likeness (QED) is 0.607. The second-order valence-electron chi connectivity index (χ2n) is 7.42. The van der Waals surface area contributed by atoms with Gasteiger partial charge in [-0.3, -0.25) is 9.59 Å². The van der Waals surface area contributed by atoms with Gasteiger partial charge in [-0.1, -0.05) is 47.1 Å². The number of rotatable bonds is 6. The van der Waals surface area contributed by atoms with Gasteiger partial charge in [-0.2, -0.15) is 4.98 Å². The number of nitrogens with one attached hydrogen (secondary N) is 1. The highest BCUT2D eigenvalue weighted by Gasteiger charge is 2.42. The second-order valence-corrected chi connectivity index (χ2v) is 7.86. The number of methoxy groups -OCH3 is 1. The van der Waals surface area contributed by atoms with Gasteiger partial charge in [0.15, 0.2) is 0 Å². The summed E-state index contributed by atoms with van der Waals surface area (Å²) in [6.45, 7) is 0. The largest absolute Gasteiger partial charge is 0.496 e. The van der Waals surface area contributed by atoms with Crippen molar-refractivity contribution >= 4 is 23.4 Å². The third-order valence-electron chi connectivity index (χ3n) is 5.48. The molecular weight excluding hydrogens is 420 g/mol. The molecule has 4 rings (SSSR count). The van der Waals surface area contributed by atoms with Crippen molar-refractivity contribution in [1.82, 2.24) is 15.5 Å². The summed E-state index contributed by atoms with van der Waals surface area (Å²) in [5, 5.41) is 7.44. The lowest BCUT2D eigenvalue weighted by atomic mass is 10.0. The average molecular weight is 441 g/mol. The van der Waals surface area contributed by atoms with E-state index in [0.717, 1.165) is 5.56 Å². The van der Waals surface area contributed by atoms with Gasteiger partial charge in [-0.25, -0.2) is 0 Å². The minimum atomic E-state index is -0.426. The van der Waals surface area contributed by atoms with Crippen molar-refractivity contribution in [2.24, 2.45) is 11.7 Å². The van der Waals surface area contributed by atoms with Gasteiger partial charge >= 0.3 is 0 Å². The van der Waals surface area contributed by atoms with E-state index in [-0.39, 0.29) is 11.8 Å². The molecule has 1 aromatic heterocycles. The highest BCUT2D eigenvalue weighted by molar-refractivity contribution is 6.31. The van der Waals surface area contributed by atoms with Crippen molar-refractivity contribution in [3.8, 4) is 17.1 Å². The zero-order valence-corrected chi connectivity index (χ0v) is 17.5. The molecular formula is C22H21ClN4O4. The van der Waals surface area contributed by atoms with Crippen molar-refractivity contribution in [3.05, 3.63) is 65.0 Å². The number of carbonyl (C=O) groups is 2. The van der Waals surface area contributed by atoms with E-state index in [1.165, 1.54) is 13.2 Å². The first-order chi connectivity index (χ1) is 15.0. The predicted octanol–water partition coefficient (Wildman–Crippen LogP) is 3.18. The summed E-state index contributed by atoms with van der Waals surface area (Å²) in [4.78, 5) is 29.3. The first-order valence-corrected chi connectivity index (χ1v) is 10.2. The number of ether oxygens (including phenoxy) is 1. The molecule has 1 aliphatic rings. The number of hydrogen-bond donors (Lipinski definition) is 2. The van der Waals surface area contributed by atoms with E-state index in [9.17, 15) is 9.59 Å². The Morgan fingerprint density at radius 2 is 1.97 bits per heavy atom. The van der Waals surface area contributed by atoms with Crippen LogP contribution in [0.4, 0.5) is 0 Å². The van der Waals surface area contributed by atoms with E-state index >= 15 is 0 Å². The molecule has 1 saturated carbocycles. The van der Waals surface area contributed by atoms with Crippen LogP contribution in [0.3, 0.4) is 0 Å². The average Bonchev–Trinajstić information content (AvgIpc) is 3.41. The maximum Gasteiger partial charge on any atom is 0.255 e. The molecule has 1 aliphatic carbocycles. The van der Waals surface area contributed by atoms with Crippen LogP contribution < -0.4 is 15.8 Å². The lowest BCUT2D eigenvalue weighted by molar-refractivity contribution is -0.121. The number of aromatic nitrogens is 2. The monoisotopic (exact) mass is 440 g/mol. The van der Waals surface area contributed by atoms with Gasteiger partial charge in [0.1, 0.15) is 5.75 Å². The van der Waals surface area contributed by atoms with Crippen LogP contribution >= 0.6 is 11.6 Å². The van der Waals surface area contributed by atoms with Crippen LogP contribution in [0.15, 0.2) is 53.1 Å². The Morgan fingerprint density at radius 1 is 1.19 bits per heavy atom. The Hall–Kier alpha value is -3.39. The van der Waals surface area contributed by atoms with E-state index in [4.69, 9.17) is 26.6 Å². The molecule has 3 aromatic rings. The molecule has 31 heavy (non-hydrogen) atoms. The molecule has 0 spiro atoms. The van der Waals surface area contributed by atoms with E-state index in [1.54, 1.807) is 12.1 Å². The van der Waals surface area contributed by atoms with Crippen LogP contribution in [-0.4, -0.2) is 35.1 Å². The normalized spacial score (nSPS) is 20.4. The molecule has 1 fully saturated rings. The number of nitrogens with two attached hydrogens (primary N) is 1. The first-order valence-electron chi connectivity index (χ1n) is 9.79. The molecule has 0 aliphatic heterocycles. The predicted molar refractivity (Wildman–Crippen MR) is 114 cm³/mol. The maximum atomic E-state index is 13.0. The highest BCUT2D eigenvalue weighted by Crippen LogP contribution is 2.39. The van der Waals surface area contributed by atoms with E-state index in [1.807, 2.05) is 30.3 Å². The fraction of sp³-hybridized carbons (Fsp3) is 0.273. The number of halogens is 1. The molecule has 2 amide bonds. The summed E-state index contributed by atoms with van der Waals surface area (Å²) in [5.74, 6) is -0.370. The Morgan fingerprint density at radius 3 is 2.68 bits per heavy atom. The van der Waals surface area contributed by atoms with Gasteiger partial charge in [-0.05, 0) is 31.0 Å². The number of primary amides is 1. The highest BCUT2D eigenvalue weighted by atomic mass is 35.5. The summed E-state index contributed by atoms with van der Waals surface area (Å²) in [5.41, 5.74) is 6.66. The van der Waals surface area contributed by atoms with Gasteiger partial charge in [0, 0.05) is 22.5 Å². The summed E-state index contributed by atoms with van der Waals surface area (Å²) in [7, 11) is 1.48. The van der Waals surface area contributed by atoms with Crippen LogP contribution in [0, 0.1) is 5.92 Å². The van der Waals surface area contributed by atoms with Crippen LogP contribution in [-0.2, 0) is 4.79 Å². The van der Waals surface area contributed by atoms with Gasteiger partial charge in [0.2, 0.25) is 17.6 Å². The number of carbonyl (C=O) groups excluding carboxylic acids is 2. The summed E-state index contributed by atoms with van der Waals surface area (Å²) < 4.78 is 10.8. The summed E-state index contributed by atoms with van der Waals surface area (Å²) in [6, 6.07) is 13.8. The standard InChI is InChI=1S/C22H21ClN4O4/c1-30-18-8-7-14(23)11-16(18)21(29)25-17-10-13(19(24)28)9-15(17)22-26-20(27-31-22)12-5-3-2-4-6-12/h2-8,11,13,15,17H,9-10H2,1H3,(H2,24,28)(H,25,29)/t13-,15-,17+/m1/s1. The van der Waals surface area contributed by atoms with E-state index < -0.39 is 17.9 Å². The van der Waals surface area contributed by atoms with Gasteiger partial charge in [0.05, 0.1) is 18.6 Å². The van der Waals surface area contributed by atoms with Crippen molar-refractivity contribution in [2.75, 3.05) is 7.11 Å². The molecule has 2 aromatic carbocycles. The number of nitrogens with zero attached hydrogens (tertiary/aromatic N) is 2. The minimum absolute atomic E-state index is 0.298. The molecule has 0 saturated heterocycles. The topological polar surface area (TPSA) is 120 Å². The molecule has 160 valence electrons. The van der Waals surface area contributed by atoms with Crippen LogP contribution in [0.25, 0.3) is 11.4 Å². The maximum absolute atomic E-state index is 13.0. The van der Waals surface area contributed by atoms with Crippen LogP contribution in [0.1, 0.15) is 35.0 Å². The SMILES string of the molecule is COc1ccc(Cl)cc1C(=O)N[C@H]1C[C@H](C(N)=O)C[C@H]1c1nc(-c2ccccc2)no1. The Labute approximate surface area is 183 Å². The smallest absolute Gasteiger partial charge is 0.255 e. The summed E-state index contributed by atoms with van der Waals surface area (Å²) in [6.07, 6.45) is 0.779. The number of benzene rings is 2. The fourth-order valence-corrected chi connectivity index (χ4v) is 4.07. The number of hydrogen-bond acceptors (Lipinski definition) is 6. The Balaban J connectivity index is 1.60.